The zero-order valence-electron chi connectivity index (χ0n) is 39.0. The van der Waals surface area contributed by atoms with E-state index in [1.807, 2.05) is 6.92 Å². The molecular formula is C43H76O18. The van der Waals surface area contributed by atoms with Gasteiger partial charge in [0.05, 0.1) is 5.41 Å². The van der Waals surface area contributed by atoms with Crippen molar-refractivity contribution in [3.63, 3.8) is 0 Å². The third-order valence-corrected chi connectivity index (χ3v) is 7.73. The van der Waals surface area contributed by atoms with Crippen molar-refractivity contribution in [1.82, 2.24) is 0 Å². The monoisotopic (exact) mass is 881 g/mol. The van der Waals surface area contributed by atoms with Crippen LogP contribution in [-0.4, -0.2) is 113 Å². The lowest BCUT2D eigenvalue weighted by molar-refractivity contribution is -0.171. The highest BCUT2D eigenvalue weighted by atomic mass is 16.6. The van der Waals surface area contributed by atoms with Crippen LogP contribution in [0, 0.1) is 10.8 Å². The Morgan fingerprint density at radius 2 is 0.410 bits per heavy atom. The Labute approximate surface area is 363 Å². The molecule has 0 aromatic rings. The van der Waals surface area contributed by atoms with E-state index in [0.29, 0.717) is 19.3 Å². The standard InChI is InChI=1S/C17H28O8.C15H26O6.C8H14O4.C3H8/c1-5-13(18)22-9-17(10-23-14(19)6-2,11-24-15(20)7-3)12-25-16(21)8-4;1-5-12(16)19-9-15(8-4,10-20-13(17)6-2)11-21-14(18)7-3;1-3-7(9)11-5-6-12-8(10)4-2;1-3-2/h5-12H2,1-4H3;5-11H2,1-4H3;3-6H2,1-2H3;3H2,1-2H3. The first kappa shape index (κ1) is 62.9. The van der Waals surface area contributed by atoms with Gasteiger partial charge in [0, 0.05) is 57.8 Å². The number of hydrogen-bond donors (Lipinski definition) is 0. The van der Waals surface area contributed by atoms with Crippen LogP contribution in [0.1, 0.15) is 154 Å². The molecule has 0 aliphatic carbocycles. The Kier molecular flexibility index (Phi) is 41.9. The lowest BCUT2D eigenvalue weighted by atomic mass is 9.88. The highest BCUT2D eigenvalue weighted by Gasteiger charge is 2.38. The molecule has 0 amide bonds. The zero-order valence-corrected chi connectivity index (χ0v) is 39.0. The summed E-state index contributed by atoms with van der Waals surface area (Å²) >= 11 is 0. The fourth-order valence-electron chi connectivity index (χ4n) is 3.55. The molecule has 0 saturated heterocycles. The SMILES string of the molecule is CCC.CCC(=O)OCC(CC)(COC(=O)CC)COC(=O)CC.CCC(=O)OCC(COC(=O)CC)(COC(=O)CC)COC(=O)CC.CCC(=O)OCCOC(=O)CC. The smallest absolute Gasteiger partial charge is 0.305 e. The third-order valence-electron chi connectivity index (χ3n) is 7.73. The molecule has 0 aromatic heterocycles. The normalized spacial score (nSPS) is 10.2. The van der Waals surface area contributed by atoms with Crippen LogP contribution >= 0.6 is 0 Å². The molecule has 0 rings (SSSR count). The van der Waals surface area contributed by atoms with Gasteiger partial charge in [-0.05, 0) is 6.42 Å². The van der Waals surface area contributed by atoms with E-state index >= 15 is 0 Å². The van der Waals surface area contributed by atoms with Crippen LogP contribution in [0.5, 0.6) is 0 Å². The van der Waals surface area contributed by atoms with Crippen LogP contribution in [0.3, 0.4) is 0 Å². The molecule has 61 heavy (non-hydrogen) atoms. The number of rotatable bonds is 27. The van der Waals surface area contributed by atoms with Crippen molar-refractivity contribution < 1.29 is 85.8 Å². The molecule has 356 valence electrons. The summed E-state index contributed by atoms with van der Waals surface area (Å²) in [5.74, 6) is -3.41. The molecule has 0 aliphatic rings. The van der Waals surface area contributed by atoms with Crippen molar-refractivity contribution in [2.24, 2.45) is 10.8 Å². The summed E-state index contributed by atoms with van der Waals surface area (Å²) in [7, 11) is 0. The number of ether oxygens (including phenoxy) is 9. The van der Waals surface area contributed by atoms with Gasteiger partial charge in [0.25, 0.3) is 0 Å². The molecule has 0 N–H and O–H groups in total. The Morgan fingerprint density at radius 1 is 0.262 bits per heavy atom. The molecule has 0 unspecified atom stereocenters. The number of carbonyl (C=O) groups excluding carboxylic acids is 9. The van der Waals surface area contributed by atoms with E-state index < -0.39 is 34.7 Å². The minimum Gasteiger partial charge on any atom is -0.465 e. The molecule has 0 atom stereocenters. The number of esters is 9. The quantitative estimate of drug-likeness (QED) is 0.0497. The summed E-state index contributed by atoms with van der Waals surface area (Å²) in [6.07, 6.45) is 3.95. The van der Waals surface area contributed by atoms with Crippen LogP contribution in [0.15, 0.2) is 0 Å². The molecular weight excluding hydrogens is 804 g/mol. The van der Waals surface area contributed by atoms with Crippen LogP contribution in [0.2, 0.25) is 0 Å². The first-order valence-electron chi connectivity index (χ1n) is 21.3. The van der Waals surface area contributed by atoms with Gasteiger partial charge in [-0.2, -0.15) is 0 Å². The summed E-state index contributed by atoms with van der Waals surface area (Å²) in [6.45, 7) is 20.8. The van der Waals surface area contributed by atoms with Gasteiger partial charge in [0.2, 0.25) is 0 Å². The van der Waals surface area contributed by atoms with Crippen LogP contribution in [0.4, 0.5) is 0 Å². The number of hydrogen-bond acceptors (Lipinski definition) is 18. The number of carbonyl (C=O) groups is 9. The second-order valence-electron chi connectivity index (χ2n) is 13.3. The Balaban J connectivity index is -0.000000406. The maximum absolute atomic E-state index is 11.5. The molecule has 0 radical (unpaired) electrons. The average molecular weight is 881 g/mol. The Bertz CT molecular complexity index is 1110. The van der Waals surface area contributed by atoms with E-state index in [0.717, 1.165) is 0 Å². The molecule has 0 bridgehead atoms. The fourth-order valence-corrected chi connectivity index (χ4v) is 3.55. The average Bonchev–Trinajstić information content (AvgIpc) is 3.28. The van der Waals surface area contributed by atoms with E-state index in [9.17, 15) is 43.2 Å². The molecule has 0 aliphatic heterocycles. The van der Waals surface area contributed by atoms with Crippen molar-refractivity contribution in [2.75, 3.05) is 59.5 Å². The van der Waals surface area contributed by atoms with E-state index in [1.54, 1.807) is 62.3 Å². The van der Waals surface area contributed by atoms with Crippen molar-refractivity contribution in [3.05, 3.63) is 0 Å². The Hall–Kier alpha value is -4.77. The highest BCUT2D eigenvalue weighted by molar-refractivity contribution is 5.72. The molecule has 0 fully saturated rings. The summed E-state index contributed by atoms with van der Waals surface area (Å²) in [5, 5.41) is 0. The summed E-state index contributed by atoms with van der Waals surface area (Å²) in [4.78, 5) is 101. The highest BCUT2D eigenvalue weighted by Crippen LogP contribution is 2.25. The van der Waals surface area contributed by atoms with E-state index in [-0.39, 0.29) is 134 Å². The Morgan fingerprint density at radius 3 is 0.557 bits per heavy atom. The van der Waals surface area contributed by atoms with Gasteiger partial charge in [-0.3, -0.25) is 43.2 Å². The molecule has 18 nitrogen and oxygen atoms in total. The lowest BCUT2D eigenvalue weighted by Gasteiger charge is -2.31. The van der Waals surface area contributed by atoms with Gasteiger partial charge in [-0.15, -0.1) is 0 Å². The maximum Gasteiger partial charge on any atom is 0.305 e. The van der Waals surface area contributed by atoms with E-state index in [2.05, 4.69) is 23.3 Å². The second-order valence-corrected chi connectivity index (χ2v) is 13.3. The molecule has 0 aromatic carbocycles. The molecule has 0 heterocycles. The van der Waals surface area contributed by atoms with Gasteiger partial charge in [0.1, 0.15) is 64.9 Å². The van der Waals surface area contributed by atoms with Crippen molar-refractivity contribution in [2.45, 2.75) is 154 Å². The summed E-state index contributed by atoms with van der Waals surface area (Å²) < 4.78 is 45.4. The predicted molar refractivity (Wildman–Crippen MR) is 222 cm³/mol. The van der Waals surface area contributed by atoms with Crippen LogP contribution < -0.4 is 0 Å². The summed E-state index contributed by atoms with van der Waals surface area (Å²) in [5.41, 5.74) is -1.84. The first-order chi connectivity index (χ1) is 28.9. The van der Waals surface area contributed by atoms with Gasteiger partial charge in [-0.1, -0.05) is 89.5 Å². The fraction of sp³-hybridized carbons (Fsp3) is 0.791. The second kappa shape index (κ2) is 40.6. The minimum absolute atomic E-state index is 0.0597. The topological polar surface area (TPSA) is 237 Å². The molecule has 0 spiro atoms. The van der Waals surface area contributed by atoms with Crippen LogP contribution in [0.25, 0.3) is 0 Å². The largest absolute Gasteiger partial charge is 0.465 e. The zero-order chi connectivity index (χ0) is 47.7. The summed E-state index contributed by atoms with van der Waals surface area (Å²) in [6, 6.07) is 0. The lowest BCUT2D eigenvalue weighted by Crippen LogP contribution is -2.43. The van der Waals surface area contributed by atoms with Gasteiger partial charge >= 0.3 is 53.7 Å². The van der Waals surface area contributed by atoms with E-state index in [1.165, 1.54) is 6.42 Å². The third kappa shape index (κ3) is 36.8. The van der Waals surface area contributed by atoms with Crippen molar-refractivity contribution in [1.29, 1.82) is 0 Å². The maximum atomic E-state index is 11.5. The van der Waals surface area contributed by atoms with Crippen molar-refractivity contribution >= 4 is 53.7 Å². The molecule has 0 saturated carbocycles. The first-order valence-corrected chi connectivity index (χ1v) is 21.3. The van der Waals surface area contributed by atoms with Gasteiger partial charge < -0.3 is 42.6 Å². The van der Waals surface area contributed by atoms with E-state index in [4.69, 9.17) is 33.2 Å². The minimum atomic E-state index is -1.15. The molecule has 18 heteroatoms. The van der Waals surface area contributed by atoms with Gasteiger partial charge in [0.15, 0.2) is 0 Å². The van der Waals surface area contributed by atoms with Crippen molar-refractivity contribution in [3.8, 4) is 0 Å². The predicted octanol–water partition coefficient (Wildman–Crippen LogP) is 6.34. The van der Waals surface area contributed by atoms with Crippen LogP contribution in [-0.2, 0) is 85.8 Å². The van der Waals surface area contributed by atoms with Gasteiger partial charge in [-0.25, -0.2) is 0 Å².